The van der Waals surface area contributed by atoms with Crippen molar-refractivity contribution in [3.8, 4) is 0 Å². The lowest BCUT2D eigenvalue weighted by Crippen LogP contribution is -2.48. The Balaban J connectivity index is 2.39. The second-order valence-electron chi connectivity index (χ2n) is 2.87. The van der Waals surface area contributed by atoms with E-state index in [1.165, 1.54) is 0 Å². The lowest BCUT2D eigenvalue weighted by Gasteiger charge is -2.26. The third-order valence-electron chi connectivity index (χ3n) is 2.00. The highest BCUT2D eigenvalue weighted by molar-refractivity contribution is 5.73. The van der Waals surface area contributed by atoms with Gasteiger partial charge in [0.2, 0.25) is 0 Å². The van der Waals surface area contributed by atoms with Gasteiger partial charge < -0.3 is 10.2 Å². The van der Waals surface area contributed by atoms with Crippen LogP contribution in [0.3, 0.4) is 0 Å². The fourth-order valence-electron chi connectivity index (χ4n) is 1.36. The lowest BCUT2D eigenvalue weighted by molar-refractivity contribution is -0.140. The number of hydrogen-bond acceptors (Lipinski definition) is 3. The van der Waals surface area contributed by atoms with Gasteiger partial charge in [0.15, 0.2) is 0 Å². The monoisotopic (exact) mass is 159 g/mol. The van der Waals surface area contributed by atoms with Gasteiger partial charge in [-0.1, -0.05) is 0 Å². The second-order valence-corrected chi connectivity index (χ2v) is 2.87. The van der Waals surface area contributed by atoms with E-state index in [-0.39, 0.29) is 12.6 Å². The molecule has 4 nitrogen and oxygen atoms in total. The Bertz CT molecular complexity index is 149. The molecular weight excluding hydrogens is 146 g/mol. The van der Waals surface area contributed by atoms with Crippen LogP contribution in [0.25, 0.3) is 0 Å². The minimum atomic E-state index is -0.817. The van der Waals surface area contributed by atoms with E-state index in [1.54, 1.807) is 0 Å². The fraction of sp³-hybridized carbons (Fsp3) is 0.857. The first kappa shape index (κ1) is 8.49. The molecule has 1 heterocycles. The van der Waals surface area contributed by atoms with Crippen LogP contribution in [0.5, 0.6) is 0 Å². The quantitative estimate of drug-likeness (QED) is 0.511. The Labute approximate surface area is 65.2 Å². The van der Waals surface area contributed by atoms with E-state index >= 15 is 0 Å². The SMILES string of the molecule is O=C(O)[C@@H]1CCC[C@H](CO)N1. The molecule has 1 aliphatic heterocycles. The number of carboxylic acids is 1. The zero-order chi connectivity index (χ0) is 8.27. The number of carbonyl (C=O) groups is 1. The maximum absolute atomic E-state index is 10.5. The fourth-order valence-corrected chi connectivity index (χ4v) is 1.36. The van der Waals surface area contributed by atoms with Crippen LogP contribution in [-0.4, -0.2) is 34.9 Å². The number of aliphatic hydroxyl groups is 1. The molecule has 11 heavy (non-hydrogen) atoms. The van der Waals surface area contributed by atoms with E-state index in [2.05, 4.69) is 5.32 Å². The summed E-state index contributed by atoms with van der Waals surface area (Å²) in [5.41, 5.74) is 0. The van der Waals surface area contributed by atoms with Gasteiger partial charge in [-0.25, -0.2) is 0 Å². The zero-order valence-electron chi connectivity index (χ0n) is 6.29. The Morgan fingerprint density at radius 3 is 2.82 bits per heavy atom. The summed E-state index contributed by atoms with van der Waals surface area (Å²) in [7, 11) is 0. The molecule has 0 saturated carbocycles. The van der Waals surface area contributed by atoms with Crippen LogP contribution in [0, 0.1) is 0 Å². The van der Waals surface area contributed by atoms with Gasteiger partial charge in [-0.2, -0.15) is 0 Å². The van der Waals surface area contributed by atoms with Gasteiger partial charge in [-0.3, -0.25) is 10.1 Å². The minimum absolute atomic E-state index is 0.0233. The second kappa shape index (κ2) is 3.69. The van der Waals surface area contributed by atoms with Gasteiger partial charge in [0.1, 0.15) is 6.04 Å². The van der Waals surface area contributed by atoms with Gasteiger partial charge in [-0.05, 0) is 19.3 Å². The number of nitrogens with one attached hydrogen (secondary N) is 1. The standard InChI is InChI=1S/C7H13NO3/c9-4-5-2-1-3-6(8-5)7(10)11/h5-6,8-9H,1-4H2,(H,10,11)/t5-,6+/m1/s1. The first-order chi connectivity index (χ1) is 5.24. The largest absolute Gasteiger partial charge is 0.480 e. The van der Waals surface area contributed by atoms with Gasteiger partial charge in [0.05, 0.1) is 6.61 Å². The molecule has 0 amide bonds. The average Bonchev–Trinajstić information content (AvgIpc) is 2.05. The molecule has 0 spiro atoms. The van der Waals surface area contributed by atoms with E-state index in [4.69, 9.17) is 10.2 Å². The summed E-state index contributed by atoms with van der Waals surface area (Å²) in [4.78, 5) is 10.5. The van der Waals surface area contributed by atoms with Crippen molar-refractivity contribution in [1.29, 1.82) is 0 Å². The van der Waals surface area contributed by atoms with Crippen molar-refractivity contribution in [2.75, 3.05) is 6.61 Å². The third-order valence-corrected chi connectivity index (χ3v) is 2.00. The van der Waals surface area contributed by atoms with Crippen molar-refractivity contribution in [2.24, 2.45) is 0 Å². The average molecular weight is 159 g/mol. The summed E-state index contributed by atoms with van der Waals surface area (Å²) in [6.07, 6.45) is 2.43. The number of aliphatic carboxylic acids is 1. The molecular formula is C7H13NO3. The van der Waals surface area contributed by atoms with E-state index in [0.29, 0.717) is 6.42 Å². The van der Waals surface area contributed by atoms with Gasteiger partial charge in [0, 0.05) is 6.04 Å². The Morgan fingerprint density at radius 2 is 2.27 bits per heavy atom. The normalized spacial score (nSPS) is 31.7. The summed E-state index contributed by atoms with van der Waals surface area (Å²) >= 11 is 0. The molecule has 0 radical (unpaired) electrons. The summed E-state index contributed by atoms with van der Waals surface area (Å²) < 4.78 is 0. The molecule has 1 aliphatic rings. The molecule has 0 unspecified atom stereocenters. The number of aliphatic hydroxyl groups excluding tert-OH is 1. The Morgan fingerprint density at radius 1 is 1.55 bits per heavy atom. The smallest absolute Gasteiger partial charge is 0.320 e. The van der Waals surface area contributed by atoms with Crippen molar-refractivity contribution in [2.45, 2.75) is 31.3 Å². The van der Waals surface area contributed by atoms with Crippen molar-refractivity contribution >= 4 is 5.97 Å². The number of rotatable bonds is 2. The van der Waals surface area contributed by atoms with Crippen LogP contribution in [-0.2, 0) is 4.79 Å². The maximum atomic E-state index is 10.5. The van der Waals surface area contributed by atoms with Gasteiger partial charge in [0.25, 0.3) is 0 Å². The Kier molecular flexibility index (Phi) is 2.84. The summed E-state index contributed by atoms with van der Waals surface area (Å²) in [6, 6.07) is -0.481. The predicted octanol–water partition coefficient (Wildman–Crippen LogP) is -0.426. The first-order valence-electron chi connectivity index (χ1n) is 3.83. The van der Waals surface area contributed by atoms with Crippen LogP contribution in [0.15, 0.2) is 0 Å². The summed E-state index contributed by atoms with van der Waals surface area (Å²) in [5, 5.41) is 20.2. The molecule has 4 heteroatoms. The van der Waals surface area contributed by atoms with E-state index in [1.807, 2.05) is 0 Å². The zero-order valence-corrected chi connectivity index (χ0v) is 6.29. The molecule has 0 aromatic heterocycles. The van der Waals surface area contributed by atoms with Crippen molar-refractivity contribution in [1.82, 2.24) is 5.32 Å². The van der Waals surface area contributed by atoms with Gasteiger partial charge >= 0.3 is 5.97 Å². The summed E-state index contributed by atoms with van der Waals surface area (Å²) in [5.74, 6) is -0.817. The molecule has 0 aliphatic carbocycles. The molecule has 1 fully saturated rings. The molecule has 3 N–H and O–H groups in total. The van der Waals surface area contributed by atoms with E-state index in [0.717, 1.165) is 12.8 Å². The van der Waals surface area contributed by atoms with E-state index in [9.17, 15) is 4.79 Å². The highest BCUT2D eigenvalue weighted by Crippen LogP contribution is 2.12. The topological polar surface area (TPSA) is 69.6 Å². The Hall–Kier alpha value is -0.610. The molecule has 2 atom stereocenters. The molecule has 0 aromatic carbocycles. The molecule has 1 saturated heterocycles. The highest BCUT2D eigenvalue weighted by Gasteiger charge is 2.24. The van der Waals surface area contributed by atoms with Crippen LogP contribution in [0.1, 0.15) is 19.3 Å². The van der Waals surface area contributed by atoms with Gasteiger partial charge in [-0.15, -0.1) is 0 Å². The maximum Gasteiger partial charge on any atom is 0.320 e. The van der Waals surface area contributed by atoms with Crippen LogP contribution < -0.4 is 5.32 Å². The number of hydrogen-bond donors (Lipinski definition) is 3. The van der Waals surface area contributed by atoms with Crippen LogP contribution in [0.2, 0.25) is 0 Å². The van der Waals surface area contributed by atoms with E-state index < -0.39 is 12.0 Å². The summed E-state index contributed by atoms with van der Waals surface area (Å²) in [6.45, 7) is 0.0315. The van der Waals surface area contributed by atoms with Crippen molar-refractivity contribution in [3.05, 3.63) is 0 Å². The number of piperidine rings is 1. The van der Waals surface area contributed by atoms with Crippen LogP contribution in [0.4, 0.5) is 0 Å². The molecule has 1 rings (SSSR count). The van der Waals surface area contributed by atoms with Crippen molar-refractivity contribution in [3.63, 3.8) is 0 Å². The number of carboxylic acid groups (broad SMARTS) is 1. The minimum Gasteiger partial charge on any atom is -0.480 e. The highest BCUT2D eigenvalue weighted by atomic mass is 16.4. The van der Waals surface area contributed by atoms with Crippen LogP contribution >= 0.6 is 0 Å². The molecule has 0 aromatic rings. The third kappa shape index (κ3) is 2.17. The first-order valence-corrected chi connectivity index (χ1v) is 3.83. The lowest BCUT2D eigenvalue weighted by atomic mass is 9.99. The van der Waals surface area contributed by atoms with Crippen molar-refractivity contribution < 1.29 is 15.0 Å². The molecule has 0 bridgehead atoms. The molecule has 64 valence electrons. The predicted molar refractivity (Wildman–Crippen MR) is 39.3 cm³/mol.